The number of hydrogen-bond acceptors (Lipinski definition) is 10. The van der Waals surface area contributed by atoms with Gasteiger partial charge in [-0.05, 0) is 47.5 Å². The highest BCUT2D eigenvalue weighted by molar-refractivity contribution is 7.21. The maximum Gasteiger partial charge on any atom is 0.282 e. The molecule has 232 valence electrons. The van der Waals surface area contributed by atoms with Gasteiger partial charge in [-0.2, -0.15) is 0 Å². The van der Waals surface area contributed by atoms with Crippen molar-refractivity contribution in [2.45, 2.75) is 19.7 Å². The first kappa shape index (κ1) is 30.2. The van der Waals surface area contributed by atoms with Gasteiger partial charge in [-0.15, -0.1) is 16.4 Å². The van der Waals surface area contributed by atoms with Gasteiger partial charge in [0.15, 0.2) is 11.5 Å². The standard InChI is InChI=1S/C33H28N6O6S/c1-43-25-10-12-27-31(16-25)46-33(35-27)23-9-11-26(28(15-23)39(41)42)32(40)34-17-24-19-38(37-36-24)18-22-8-13-29(44-2)30(14-22)45-20-21-6-4-3-5-7-21/h3-16,19H,17-18,20H2,1-2H3,(H,34,40). The predicted octanol–water partition coefficient (Wildman–Crippen LogP) is 6.04. The zero-order chi connectivity index (χ0) is 32.0. The number of fused-ring (bicyclic) bond motifs is 1. The van der Waals surface area contributed by atoms with Gasteiger partial charge in [0, 0.05) is 11.6 Å². The average molecular weight is 637 g/mol. The Kier molecular flexibility index (Phi) is 8.83. The number of carbonyl (C=O) groups is 1. The van der Waals surface area contributed by atoms with E-state index in [1.807, 2.05) is 60.7 Å². The molecule has 0 aliphatic rings. The van der Waals surface area contributed by atoms with Gasteiger partial charge < -0.3 is 19.5 Å². The normalized spacial score (nSPS) is 10.9. The van der Waals surface area contributed by atoms with Crippen LogP contribution in [0.5, 0.6) is 17.2 Å². The van der Waals surface area contributed by atoms with Crippen LogP contribution in [-0.2, 0) is 19.7 Å². The van der Waals surface area contributed by atoms with Gasteiger partial charge in [-0.3, -0.25) is 14.9 Å². The van der Waals surface area contributed by atoms with Crippen LogP contribution in [0.15, 0.2) is 91.1 Å². The third-order valence-electron chi connectivity index (χ3n) is 7.11. The Balaban J connectivity index is 1.11. The molecule has 0 atom stereocenters. The molecule has 0 bridgehead atoms. The van der Waals surface area contributed by atoms with Crippen molar-refractivity contribution in [3.05, 3.63) is 124 Å². The van der Waals surface area contributed by atoms with E-state index in [0.717, 1.165) is 21.3 Å². The fourth-order valence-electron chi connectivity index (χ4n) is 4.78. The van der Waals surface area contributed by atoms with Crippen molar-refractivity contribution in [3.63, 3.8) is 0 Å². The van der Waals surface area contributed by atoms with Crippen LogP contribution < -0.4 is 19.5 Å². The maximum atomic E-state index is 13.0. The van der Waals surface area contributed by atoms with Crippen molar-refractivity contribution in [3.8, 4) is 27.8 Å². The minimum absolute atomic E-state index is 0.0332. The Hall–Kier alpha value is -5.82. The van der Waals surface area contributed by atoms with Gasteiger partial charge in [-0.25, -0.2) is 9.67 Å². The van der Waals surface area contributed by atoms with Crippen LogP contribution in [-0.4, -0.2) is 45.0 Å². The third-order valence-corrected chi connectivity index (χ3v) is 8.17. The number of nitrogens with zero attached hydrogens (tertiary/aromatic N) is 5. The van der Waals surface area contributed by atoms with E-state index >= 15 is 0 Å². The lowest BCUT2D eigenvalue weighted by molar-refractivity contribution is -0.385. The molecule has 2 heterocycles. The summed E-state index contributed by atoms with van der Waals surface area (Å²) in [5.74, 6) is 1.31. The highest BCUT2D eigenvalue weighted by Gasteiger charge is 2.22. The largest absolute Gasteiger partial charge is 0.497 e. The van der Waals surface area contributed by atoms with E-state index < -0.39 is 10.8 Å². The lowest BCUT2D eigenvalue weighted by atomic mass is 10.1. The minimum atomic E-state index is -0.600. The van der Waals surface area contributed by atoms with Crippen LogP contribution in [0, 0.1) is 10.1 Å². The molecule has 1 N–H and O–H groups in total. The summed E-state index contributed by atoms with van der Waals surface area (Å²) < 4.78 is 19.3. The molecule has 2 aromatic heterocycles. The van der Waals surface area contributed by atoms with E-state index in [9.17, 15) is 14.9 Å². The summed E-state index contributed by atoms with van der Waals surface area (Å²) >= 11 is 1.38. The number of nitrogens with one attached hydrogen (secondary N) is 1. The molecule has 0 aliphatic heterocycles. The first-order valence-electron chi connectivity index (χ1n) is 14.1. The molecule has 4 aromatic carbocycles. The lowest BCUT2D eigenvalue weighted by Crippen LogP contribution is -2.24. The number of rotatable bonds is 12. The lowest BCUT2D eigenvalue weighted by Gasteiger charge is -2.12. The van der Waals surface area contributed by atoms with E-state index in [2.05, 4.69) is 20.6 Å². The number of nitro benzene ring substituents is 1. The summed E-state index contributed by atoms with van der Waals surface area (Å²) in [4.78, 5) is 29.0. The quantitative estimate of drug-likeness (QED) is 0.126. The number of benzene rings is 4. The van der Waals surface area contributed by atoms with Crippen molar-refractivity contribution in [2.75, 3.05) is 14.2 Å². The second-order valence-electron chi connectivity index (χ2n) is 10.2. The van der Waals surface area contributed by atoms with E-state index in [1.54, 1.807) is 37.2 Å². The number of aromatic nitrogens is 4. The Labute approximate surface area is 267 Å². The predicted molar refractivity (Wildman–Crippen MR) is 172 cm³/mol. The van der Waals surface area contributed by atoms with Crippen molar-refractivity contribution >= 4 is 33.1 Å². The second-order valence-corrected chi connectivity index (χ2v) is 11.2. The number of methoxy groups -OCH3 is 2. The molecule has 0 unspecified atom stereocenters. The molecule has 0 spiro atoms. The summed E-state index contributed by atoms with van der Waals surface area (Å²) in [5.41, 5.74) is 3.35. The number of hydrogen-bond donors (Lipinski definition) is 1. The molecule has 1 amide bonds. The number of thiazole rings is 1. The summed E-state index contributed by atoms with van der Waals surface area (Å²) in [5, 5.41) is 23.6. The first-order valence-corrected chi connectivity index (χ1v) is 15.0. The van der Waals surface area contributed by atoms with Crippen molar-refractivity contribution in [1.29, 1.82) is 0 Å². The van der Waals surface area contributed by atoms with Crippen LogP contribution in [0.4, 0.5) is 5.69 Å². The van der Waals surface area contributed by atoms with Gasteiger partial charge in [0.05, 0.1) is 48.6 Å². The molecular formula is C33H28N6O6S. The monoisotopic (exact) mass is 636 g/mol. The highest BCUT2D eigenvalue weighted by atomic mass is 32.1. The highest BCUT2D eigenvalue weighted by Crippen LogP contribution is 2.35. The van der Waals surface area contributed by atoms with Crippen LogP contribution in [0.2, 0.25) is 0 Å². The summed E-state index contributed by atoms with van der Waals surface area (Å²) in [6, 6.07) is 25.4. The molecule has 12 nitrogen and oxygen atoms in total. The third kappa shape index (κ3) is 6.79. The van der Waals surface area contributed by atoms with Gasteiger partial charge in [-0.1, -0.05) is 47.7 Å². The number of amides is 1. The molecule has 0 radical (unpaired) electrons. The van der Waals surface area contributed by atoms with Crippen molar-refractivity contribution in [1.82, 2.24) is 25.3 Å². The fraction of sp³-hybridized carbons (Fsp3) is 0.152. The fourth-order valence-corrected chi connectivity index (χ4v) is 5.77. The summed E-state index contributed by atoms with van der Waals surface area (Å²) in [6.45, 7) is 0.829. The summed E-state index contributed by atoms with van der Waals surface area (Å²) in [6.07, 6.45) is 1.70. The Morgan fingerprint density at radius 1 is 0.957 bits per heavy atom. The minimum Gasteiger partial charge on any atom is -0.497 e. The van der Waals surface area contributed by atoms with Crippen LogP contribution in [0.25, 0.3) is 20.8 Å². The van der Waals surface area contributed by atoms with Crippen molar-refractivity contribution in [2.24, 2.45) is 0 Å². The van der Waals surface area contributed by atoms with Crippen molar-refractivity contribution < 1.29 is 23.9 Å². The smallest absolute Gasteiger partial charge is 0.282 e. The number of ether oxygens (including phenoxy) is 3. The van der Waals surface area contributed by atoms with Gasteiger partial charge in [0.25, 0.3) is 11.6 Å². The molecule has 0 aliphatic carbocycles. The average Bonchev–Trinajstić information content (AvgIpc) is 3.73. The molecule has 46 heavy (non-hydrogen) atoms. The molecule has 6 aromatic rings. The second kappa shape index (κ2) is 13.4. The first-order chi connectivity index (χ1) is 22.4. The Morgan fingerprint density at radius 2 is 1.80 bits per heavy atom. The van der Waals surface area contributed by atoms with Crippen LogP contribution >= 0.6 is 11.3 Å². The molecular weight excluding hydrogens is 608 g/mol. The molecule has 0 saturated carbocycles. The van der Waals surface area contributed by atoms with E-state index in [1.165, 1.54) is 23.5 Å². The van der Waals surface area contributed by atoms with Gasteiger partial charge in [0.1, 0.15) is 28.6 Å². The topological polar surface area (TPSA) is 144 Å². The molecule has 6 rings (SSSR count). The number of carbonyl (C=O) groups excluding carboxylic acids is 1. The van der Waals surface area contributed by atoms with Gasteiger partial charge >= 0.3 is 0 Å². The van der Waals surface area contributed by atoms with E-state index in [0.29, 0.717) is 46.7 Å². The van der Waals surface area contributed by atoms with Gasteiger partial charge in [0.2, 0.25) is 0 Å². The zero-order valence-corrected chi connectivity index (χ0v) is 25.7. The van der Waals surface area contributed by atoms with Crippen LogP contribution in [0.3, 0.4) is 0 Å². The molecule has 13 heteroatoms. The zero-order valence-electron chi connectivity index (χ0n) is 24.9. The number of nitro groups is 1. The SMILES string of the molecule is COc1ccc2nc(-c3ccc(C(=O)NCc4cn(Cc5ccc(OC)c(OCc6ccccc6)c5)nn4)c([N+](=O)[O-])c3)sc2c1. The van der Waals surface area contributed by atoms with E-state index in [-0.39, 0.29) is 17.8 Å². The molecule has 0 saturated heterocycles. The summed E-state index contributed by atoms with van der Waals surface area (Å²) in [7, 11) is 3.17. The Bertz CT molecular complexity index is 2030. The van der Waals surface area contributed by atoms with E-state index in [4.69, 9.17) is 14.2 Å². The maximum absolute atomic E-state index is 13.0. The molecule has 0 fully saturated rings. The Morgan fingerprint density at radius 3 is 2.59 bits per heavy atom. The van der Waals surface area contributed by atoms with Crippen LogP contribution in [0.1, 0.15) is 27.2 Å².